The maximum Gasteiger partial charge on any atom is 0.303 e. The van der Waals surface area contributed by atoms with Crippen LogP contribution in [0.1, 0.15) is 246 Å². The van der Waals surface area contributed by atoms with E-state index < -0.39 is 5.97 Å². The lowest BCUT2D eigenvalue weighted by Crippen LogP contribution is -2.54. The number of carboxylic acid groups (broad SMARTS) is 1. The van der Waals surface area contributed by atoms with E-state index in [0.29, 0.717) is 39.3 Å². The smallest absolute Gasteiger partial charge is 0.303 e. The summed E-state index contributed by atoms with van der Waals surface area (Å²) in [5.74, 6) is -0.269. The van der Waals surface area contributed by atoms with Crippen LogP contribution in [0.5, 0.6) is 0 Å². The monoisotopic (exact) mass is 890 g/mol. The summed E-state index contributed by atoms with van der Waals surface area (Å²) in [6.07, 6.45) is 41.8. The first-order valence-electron chi connectivity index (χ1n) is 27.8. The number of aliphatic carboxylic acids is 1. The number of amides is 2. The van der Waals surface area contributed by atoms with Gasteiger partial charge in [0.15, 0.2) is 0 Å². The first-order valence-corrected chi connectivity index (χ1v) is 27.8. The highest BCUT2D eigenvalue weighted by Gasteiger charge is 2.26. The van der Waals surface area contributed by atoms with Crippen LogP contribution in [0.4, 0.5) is 0 Å². The van der Waals surface area contributed by atoms with Crippen LogP contribution in [0.15, 0.2) is 0 Å². The Balaban J connectivity index is 2.78. The molecule has 1 saturated heterocycles. The van der Waals surface area contributed by atoms with Crippen molar-refractivity contribution >= 4 is 17.8 Å². The fourth-order valence-electron chi connectivity index (χ4n) is 9.26. The number of unbranched alkanes of at least 4 members (excludes halogenated alkanes) is 28. The number of hydrogen-bond donors (Lipinski definition) is 1. The van der Waals surface area contributed by atoms with Gasteiger partial charge in [0.05, 0.1) is 13.1 Å². The number of hydrogen-bond acceptors (Lipinski definition) is 6. The zero-order valence-corrected chi connectivity index (χ0v) is 42.6. The summed E-state index contributed by atoms with van der Waals surface area (Å²) in [6, 6.07) is 0. The van der Waals surface area contributed by atoms with Gasteiger partial charge in [0.2, 0.25) is 11.8 Å². The number of carbonyl (C=O) groups excluding carboxylic acids is 2. The molecule has 0 bridgehead atoms. The summed E-state index contributed by atoms with van der Waals surface area (Å²) in [5, 5.41) is 8.95. The predicted molar refractivity (Wildman–Crippen MR) is 270 cm³/mol. The molecular weight excluding hydrogens is 783 g/mol. The van der Waals surface area contributed by atoms with Gasteiger partial charge in [-0.05, 0) is 71.2 Å². The molecule has 372 valence electrons. The topological polar surface area (TPSA) is 87.6 Å². The van der Waals surface area contributed by atoms with Gasteiger partial charge in [0.25, 0.3) is 0 Å². The van der Waals surface area contributed by atoms with Crippen LogP contribution < -0.4 is 0 Å². The van der Waals surface area contributed by atoms with Gasteiger partial charge in [-0.15, -0.1) is 0 Å². The SMILES string of the molecule is CCCCCCCCCN(CCCCCCCCC)CCN(CCCCCCCCC)CC(=O)N1CCN(C(=O)CN(CCCCCCCCC)CCCCCCCC(=O)O)CC1. The lowest BCUT2D eigenvalue weighted by molar-refractivity contribution is -0.140. The van der Waals surface area contributed by atoms with Gasteiger partial charge in [0, 0.05) is 45.7 Å². The Morgan fingerprint density at radius 2 is 0.571 bits per heavy atom. The minimum Gasteiger partial charge on any atom is -0.481 e. The van der Waals surface area contributed by atoms with Gasteiger partial charge in [-0.2, -0.15) is 0 Å². The Labute approximate surface area is 391 Å². The molecule has 1 aliphatic heterocycles. The number of piperazine rings is 1. The molecule has 63 heavy (non-hydrogen) atoms. The minimum atomic E-state index is -0.708. The Hall–Kier alpha value is -1.71. The fraction of sp³-hybridized carbons (Fsp3) is 0.944. The largest absolute Gasteiger partial charge is 0.481 e. The minimum absolute atomic E-state index is 0.203. The molecule has 1 fully saturated rings. The van der Waals surface area contributed by atoms with E-state index in [4.69, 9.17) is 5.11 Å². The van der Waals surface area contributed by atoms with Gasteiger partial charge in [-0.3, -0.25) is 24.2 Å². The van der Waals surface area contributed by atoms with Crippen molar-refractivity contribution in [1.29, 1.82) is 0 Å². The summed E-state index contributed by atoms with van der Waals surface area (Å²) in [4.78, 5) is 50.2. The third-order valence-electron chi connectivity index (χ3n) is 13.6. The molecule has 0 spiro atoms. The second kappa shape index (κ2) is 44.1. The summed E-state index contributed by atoms with van der Waals surface area (Å²) in [5.41, 5.74) is 0. The molecule has 0 aromatic rings. The lowest BCUT2D eigenvalue weighted by atomic mass is 10.1. The number of rotatable bonds is 47. The van der Waals surface area contributed by atoms with Crippen molar-refractivity contribution in [2.24, 2.45) is 0 Å². The van der Waals surface area contributed by atoms with Gasteiger partial charge < -0.3 is 19.8 Å². The van der Waals surface area contributed by atoms with Crippen LogP contribution >= 0.6 is 0 Å². The highest BCUT2D eigenvalue weighted by atomic mass is 16.4. The molecule has 9 nitrogen and oxygen atoms in total. The van der Waals surface area contributed by atoms with Crippen LogP contribution in [0, 0.1) is 0 Å². The average Bonchev–Trinajstić information content (AvgIpc) is 3.28. The van der Waals surface area contributed by atoms with Crippen molar-refractivity contribution in [3.05, 3.63) is 0 Å². The molecule has 0 atom stereocenters. The molecule has 0 radical (unpaired) electrons. The summed E-state index contributed by atoms with van der Waals surface area (Å²) < 4.78 is 0. The predicted octanol–water partition coefficient (Wildman–Crippen LogP) is 13.0. The van der Waals surface area contributed by atoms with Crippen LogP contribution in [0.2, 0.25) is 0 Å². The van der Waals surface area contributed by atoms with E-state index in [9.17, 15) is 14.4 Å². The number of nitrogens with zero attached hydrogens (tertiary/aromatic N) is 5. The average molecular weight is 890 g/mol. The molecule has 0 aromatic carbocycles. The molecular formula is C54H107N5O4. The highest BCUT2D eigenvalue weighted by molar-refractivity contribution is 5.80. The Morgan fingerprint density at radius 3 is 0.873 bits per heavy atom. The molecule has 0 saturated carbocycles. The third kappa shape index (κ3) is 36.1. The first kappa shape index (κ1) is 59.3. The number of carbonyl (C=O) groups is 3. The Bertz CT molecular complexity index is 1020. The van der Waals surface area contributed by atoms with Crippen LogP contribution in [-0.2, 0) is 14.4 Å². The van der Waals surface area contributed by atoms with E-state index in [1.165, 1.54) is 180 Å². The highest BCUT2D eigenvalue weighted by Crippen LogP contribution is 2.15. The van der Waals surface area contributed by atoms with E-state index in [2.05, 4.69) is 42.4 Å². The van der Waals surface area contributed by atoms with Gasteiger partial charge in [-0.1, -0.05) is 201 Å². The van der Waals surface area contributed by atoms with Crippen molar-refractivity contribution < 1.29 is 19.5 Å². The standard InChI is InChI=1S/C54H107N5O4/c1-5-9-13-17-21-27-33-39-55(40-34-28-22-18-14-10-6-2)44-45-57(43-37-30-24-20-16-12-8-4)51-53(61)59-48-46-58(47-49-59)52(60)50-56(41-35-29-23-19-15-11-7-3)42-36-31-25-26-32-38-54(62)63/h5-51H2,1-4H3,(H,62,63). The molecule has 1 aliphatic rings. The molecule has 9 heteroatoms. The van der Waals surface area contributed by atoms with Crippen molar-refractivity contribution in [2.75, 3.05) is 85.1 Å². The maximum atomic E-state index is 14.0. The molecule has 1 N–H and O–H groups in total. The summed E-state index contributed by atoms with van der Waals surface area (Å²) >= 11 is 0. The van der Waals surface area contributed by atoms with E-state index in [0.717, 1.165) is 77.7 Å². The van der Waals surface area contributed by atoms with E-state index in [-0.39, 0.29) is 18.2 Å². The molecule has 0 aromatic heterocycles. The summed E-state index contributed by atoms with van der Waals surface area (Å²) in [7, 11) is 0. The zero-order chi connectivity index (χ0) is 45.9. The third-order valence-corrected chi connectivity index (χ3v) is 13.6. The van der Waals surface area contributed by atoms with Crippen LogP contribution in [0.25, 0.3) is 0 Å². The Kier molecular flexibility index (Phi) is 41.6. The lowest BCUT2D eigenvalue weighted by Gasteiger charge is -2.37. The van der Waals surface area contributed by atoms with Crippen molar-refractivity contribution in [2.45, 2.75) is 246 Å². The second-order valence-corrected chi connectivity index (χ2v) is 19.6. The van der Waals surface area contributed by atoms with Crippen molar-refractivity contribution in [3.8, 4) is 0 Å². The first-order chi connectivity index (χ1) is 30.8. The molecule has 1 heterocycles. The maximum absolute atomic E-state index is 14.0. The zero-order valence-electron chi connectivity index (χ0n) is 42.6. The van der Waals surface area contributed by atoms with Crippen molar-refractivity contribution in [3.63, 3.8) is 0 Å². The van der Waals surface area contributed by atoms with E-state index >= 15 is 0 Å². The molecule has 2 amide bonds. The molecule has 0 unspecified atom stereocenters. The molecule has 1 rings (SSSR count). The number of carboxylic acids is 1. The van der Waals surface area contributed by atoms with Crippen LogP contribution in [0.3, 0.4) is 0 Å². The van der Waals surface area contributed by atoms with E-state index in [1.54, 1.807) is 0 Å². The quantitative estimate of drug-likeness (QED) is 0.0609. The van der Waals surface area contributed by atoms with Crippen molar-refractivity contribution in [1.82, 2.24) is 24.5 Å². The second-order valence-electron chi connectivity index (χ2n) is 19.6. The Morgan fingerprint density at radius 1 is 0.333 bits per heavy atom. The van der Waals surface area contributed by atoms with Crippen LogP contribution in [-0.4, -0.2) is 132 Å². The van der Waals surface area contributed by atoms with Gasteiger partial charge in [0.1, 0.15) is 0 Å². The summed E-state index contributed by atoms with van der Waals surface area (Å²) in [6.45, 7) is 19.9. The van der Waals surface area contributed by atoms with Gasteiger partial charge >= 0.3 is 5.97 Å². The molecule has 0 aliphatic carbocycles. The van der Waals surface area contributed by atoms with E-state index in [1.807, 2.05) is 9.80 Å². The fourth-order valence-corrected chi connectivity index (χ4v) is 9.26. The normalized spacial score (nSPS) is 13.3. The van der Waals surface area contributed by atoms with Gasteiger partial charge in [-0.25, -0.2) is 0 Å².